The fourth-order valence-corrected chi connectivity index (χ4v) is 12.4. The number of rotatable bonds is 32. The lowest BCUT2D eigenvalue weighted by molar-refractivity contribution is -0.159. The number of hydrogen-bond donors (Lipinski definition) is 8. The van der Waals surface area contributed by atoms with Gasteiger partial charge in [0.1, 0.15) is 52.2 Å². The van der Waals surface area contributed by atoms with Gasteiger partial charge in [-0.1, -0.05) is 47.5 Å². The monoisotopic (exact) mass is 1550 g/mol. The van der Waals surface area contributed by atoms with Gasteiger partial charge in [0.05, 0.1) is 52.1 Å². The fourth-order valence-electron chi connectivity index (χ4n) is 11.9. The number of carbonyl (C=O) groups is 12. The molecule has 4 atom stereocenters. The Bertz CT molecular complexity index is 3970. The molecule has 0 fully saturated rings. The second-order valence-corrected chi connectivity index (χ2v) is 32.6. The number of nitrogens with one attached hydrogen (secondary N) is 7. The van der Waals surface area contributed by atoms with Gasteiger partial charge in [0.15, 0.2) is 11.6 Å². The number of esters is 4. The first-order valence-corrected chi connectivity index (χ1v) is 36.9. The van der Waals surface area contributed by atoms with Crippen LogP contribution in [0.3, 0.4) is 0 Å². The molecule has 0 aliphatic carbocycles. The standard InChI is InChI=1S/C75H107Cl2N13O18/c1-71(2,3)104-56(92)30-23-35-90-37-32-54-52(42-90)81-63(88(54)17)68(100)83-46-28-21-25-44(61(46)77)43-24-20-27-45(60(43)76)82-67(99)62-80-51-41-89(36-31-53(51)87(62)16)34-22-29-55(91)79-48(38-57(93)105-72(4,5)6)65(97)84-47(26-18-19-33-78-70(103)108-75(13,14)15)64(96)85-49(39-58(94)106-73(7,8)9)66(98)86-50(69(101)102)40-59(95)107-74(10,11)12/h20-21,24-25,27-28,47-50H,18-19,22-23,26,29-42H2,1-17H3,(H,78,103)(H,79,91)(H,82,99)(H,83,100)(H,84,97)(H,85,96)(H,86,98)(H,101,102)/t47-,48-,49-,50-/m0/s1. The number of nitrogens with zero attached hydrogens (tertiary/aromatic N) is 6. The van der Waals surface area contributed by atoms with Crippen LogP contribution in [0.1, 0.15) is 212 Å². The highest BCUT2D eigenvalue weighted by Gasteiger charge is 2.37. The van der Waals surface area contributed by atoms with Crippen molar-refractivity contribution in [3.8, 4) is 11.1 Å². The Hall–Kier alpha value is -9.20. The van der Waals surface area contributed by atoms with Crippen LogP contribution in [-0.4, -0.2) is 190 Å². The molecule has 4 aromatic rings. The molecule has 7 amide bonds. The van der Waals surface area contributed by atoms with Gasteiger partial charge in [0.2, 0.25) is 23.6 Å². The summed E-state index contributed by atoms with van der Waals surface area (Å²) in [7, 11) is 3.53. The van der Waals surface area contributed by atoms with Crippen molar-refractivity contribution in [3.05, 3.63) is 80.9 Å². The number of imidazole rings is 2. The molecule has 31 nitrogen and oxygen atoms in total. The Morgan fingerprint density at radius 3 is 1.29 bits per heavy atom. The van der Waals surface area contributed by atoms with Crippen LogP contribution in [-0.2, 0) is 107 Å². The molecule has 6 rings (SSSR count). The summed E-state index contributed by atoms with van der Waals surface area (Å²) in [6, 6.07) is 3.21. The number of aliphatic carboxylic acids is 1. The number of amides is 7. The molecule has 594 valence electrons. The highest BCUT2D eigenvalue weighted by atomic mass is 35.5. The average molecular weight is 1550 g/mol. The van der Waals surface area contributed by atoms with Crippen molar-refractivity contribution in [1.82, 2.24) is 55.5 Å². The number of unbranched alkanes of at least 4 members (excludes halogenated alkanes) is 1. The number of carboxylic acid groups (broad SMARTS) is 1. The van der Waals surface area contributed by atoms with Gasteiger partial charge < -0.3 is 75.1 Å². The highest BCUT2D eigenvalue weighted by molar-refractivity contribution is 6.40. The van der Waals surface area contributed by atoms with Crippen LogP contribution in [0.4, 0.5) is 16.2 Å². The van der Waals surface area contributed by atoms with E-state index in [0.29, 0.717) is 80.9 Å². The zero-order valence-electron chi connectivity index (χ0n) is 65.0. The average Bonchev–Trinajstić information content (AvgIpc) is 1.62. The minimum atomic E-state index is -1.89. The molecule has 2 aromatic carbocycles. The molecule has 0 saturated carbocycles. The van der Waals surface area contributed by atoms with Crippen molar-refractivity contribution in [3.63, 3.8) is 0 Å². The van der Waals surface area contributed by atoms with Crippen LogP contribution in [0.5, 0.6) is 0 Å². The van der Waals surface area contributed by atoms with Crippen molar-refractivity contribution in [2.75, 3.05) is 43.4 Å². The summed E-state index contributed by atoms with van der Waals surface area (Å²) in [6.07, 6.45) is -0.820. The quantitative estimate of drug-likeness (QED) is 0.0130. The molecule has 4 heterocycles. The second-order valence-electron chi connectivity index (χ2n) is 31.8. The Labute approximate surface area is 640 Å². The van der Waals surface area contributed by atoms with Crippen LogP contribution < -0.4 is 37.2 Å². The van der Waals surface area contributed by atoms with E-state index in [1.807, 2.05) is 25.7 Å². The van der Waals surface area contributed by atoms with E-state index in [4.69, 9.17) is 56.9 Å². The molecule has 0 unspecified atom stereocenters. The zero-order valence-corrected chi connectivity index (χ0v) is 66.5. The molecule has 2 aromatic heterocycles. The maximum Gasteiger partial charge on any atom is 0.407 e. The van der Waals surface area contributed by atoms with Crippen molar-refractivity contribution in [2.24, 2.45) is 14.1 Å². The normalized spacial score (nSPS) is 14.6. The number of alkyl carbamates (subject to hydrolysis) is 1. The van der Waals surface area contributed by atoms with Gasteiger partial charge in [-0.15, -0.1) is 0 Å². The molecule has 0 radical (unpaired) electrons. The van der Waals surface area contributed by atoms with Crippen LogP contribution >= 0.6 is 23.2 Å². The maximum atomic E-state index is 14.5. The topological polar surface area (TPSA) is 398 Å². The Morgan fingerprint density at radius 1 is 0.481 bits per heavy atom. The lowest BCUT2D eigenvalue weighted by atomic mass is 10.0. The van der Waals surface area contributed by atoms with E-state index in [1.165, 1.54) is 0 Å². The molecule has 8 N–H and O–H groups in total. The fraction of sp³-hybridized carbons (Fsp3) is 0.600. The number of ether oxygens (including phenoxy) is 5. The van der Waals surface area contributed by atoms with E-state index in [0.717, 1.165) is 23.6 Å². The summed E-state index contributed by atoms with van der Waals surface area (Å²) < 4.78 is 30.5. The van der Waals surface area contributed by atoms with Gasteiger partial charge in [0, 0.05) is 95.0 Å². The Balaban J connectivity index is 1.11. The van der Waals surface area contributed by atoms with Gasteiger partial charge >= 0.3 is 35.9 Å². The summed E-state index contributed by atoms with van der Waals surface area (Å²) in [5.41, 5.74) is 0.155. The number of hydrogen-bond acceptors (Lipinski definition) is 21. The van der Waals surface area contributed by atoms with Gasteiger partial charge in [-0.3, -0.25) is 57.7 Å². The largest absolute Gasteiger partial charge is 0.480 e. The van der Waals surface area contributed by atoms with Crippen LogP contribution in [0.15, 0.2) is 36.4 Å². The molecule has 108 heavy (non-hydrogen) atoms. The number of halogens is 2. The first-order chi connectivity index (χ1) is 50.1. The number of aromatic nitrogens is 4. The number of carbonyl (C=O) groups excluding carboxylic acids is 11. The SMILES string of the molecule is Cn1c(C(=O)Nc2cccc(-c3cccc(NC(=O)c4nc5c(n4C)CCN(CCCC(=O)OC(C)(C)C)C5)c3Cl)c2Cl)nc2c1CCN(CCCC(=O)N[C@@H](CC(=O)OC(C)(C)C)C(=O)N[C@@H](CCCCNC(=O)OC(C)(C)C)C(=O)N[C@@H](CC(=O)OC(C)(C)C)C(=O)N[C@@H](CC(=O)OC(C)(C)C)C(=O)O)C2. The lowest BCUT2D eigenvalue weighted by Crippen LogP contribution is -2.58. The van der Waals surface area contributed by atoms with Crippen molar-refractivity contribution in [2.45, 2.75) is 246 Å². The van der Waals surface area contributed by atoms with Crippen LogP contribution in [0.25, 0.3) is 11.1 Å². The first kappa shape index (κ1) is 87.7. The first-order valence-electron chi connectivity index (χ1n) is 36.1. The van der Waals surface area contributed by atoms with Crippen LogP contribution in [0.2, 0.25) is 10.0 Å². The number of fused-ring (bicyclic) bond motifs is 2. The minimum Gasteiger partial charge on any atom is -0.480 e. The molecule has 0 saturated heterocycles. The van der Waals surface area contributed by atoms with Gasteiger partial charge in [0.25, 0.3) is 11.8 Å². The maximum absolute atomic E-state index is 14.5. The second kappa shape index (κ2) is 37.8. The third-order valence-electron chi connectivity index (χ3n) is 16.5. The third kappa shape index (κ3) is 28.1. The summed E-state index contributed by atoms with van der Waals surface area (Å²) in [5, 5.41) is 28.7. The molecule has 2 aliphatic heterocycles. The van der Waals surface area contributed by atoms with Crippen molar-refractivity contribution >= 4 is 106 Å². The summed E-state index contributed by atoms with van der Waals surface area (Å²) in [5.74, 6) is -9.42. The predicted octanol–water partition coefficient (Wildman–Crippen LogP) is 8.16. The van der Waals surface area contributed by atoms with Crippen LogP contribution in [0, 0.1) is 0 Å². The molecule has 0 spiro atoms. The number of benzene rings is 2. The molecular formula is C75H107Cl2N13O18. The molecule has 0 bridgehead atoms. The van der Waals surface area contributed by atoms with Gasteiger partial charge in [-0.05, 0) is 161 Å². The van der Waals surface area contributed by atoms with E-state index in [2.05, 4.69) is 42.1 Å². The van der Waals surface area contributed by atoms with E-state index < -0.39 is 137 Å². The molecule has 2 aliphatic rings. The number of carboxylic acids is 1. The predicted molar refractivity (Wildman–Crippen MR) is 401 cm³/mol. The van der Waals surface area contributed by atoms with Crippen molar-refractivity contribution < 1.29 is 86.3 Å². The summed E-state index contributed by atoms with van der Waals surface area (Å²) in [6.45, 7) is 27.8. The molecular weight excluding hydrogens is 1440 g/mol. The van der Waals surface area contributed by atoms with Gasteiger partial charge in [-0.2, -0.15) is 0 Å². The summed E-state index contributed by atoms with van der Waals surface area (Å²) in [4.78, 5) is 176. The summed E-state index contributed by atoms with van der Waals surface area (Å²) >= 11 is 14.1. The van der Waals surface area contributed by atoms with E-state index in [1.54, 1.807) is 143 Å². The van der Waals surface area contributed by atoms with E-state index in [-0.39, 0.29) is 72.0 Å². The Kier molecular flexibility index (Phi) is 30.7. The number of anilines is 2. The smallest absolute Gasteiger partial charge is 0.407 e. The Morgan fingerprint density at radius 2 is 0.861 bits per heavy atom. The third-order valence-corrected chi connectivity index (χ3v) is 17.3. The minimum absolute atomic E-state index is 0.0547. The highest BCUT2D eigenvalue weighted by Crippen LogP contribution is 2.41. The van der Waals surface area contributed by atoms with E-state index >= 15 is 0 Å². The zero-order chi connectivity index (χ0) is 80.6. The van der Waals surface area contributed by atoms with Crippen molar-refractivity contribution in [1.29, 1.82) is 0 Å². The molecule has 33 heteroatoms. The van der Waals surface area contributed by atoms with E-state index in [9.17, 15) is 62.6 Å². The lowest BCUT2D eigenvalue weighted by Gasteiger charge is -2.27. The van der Waals surface area contributed by atoms with Gasteiger partial charge in [-0.25, -0.2) is 19.6 Å².